The highest BCUT2D eigenvalue weighted by Gasteiger charge is 2.32. The molecule has 0 aromatic heterocycles. The molecule has 0 unspecified atom stereocenters. The summed E-state index contributed by atoms with van der Waals surface area (Å²) in [4.78, 5) is 0. The Kier molecular flexibility index (Phi) is 6.63. The van der Waals surface area contributed by atoms with Gasteiger partial charge in [0, 0.05) is 14.2 Å². The minimum absolute atomic E-state index is 0.0887. The average Bonchev–Trinajstić information content (AvgIpc) is 2.11. The molecule has 0 fully saturated rings. The maximum absolute atomic E-state index is 5.90. The number of hydrogen-bond donors (Lipinski definition) is 0. The second-order valence-electron chi connectivity index (χ2n) is 1.89. The fraction of sp³-hybridized carbons (Fsp3) is 0.667. The molecule has 4 nitrogen and oxygen atoms in total. The van der Waals surface area contributed by atoms with Crippen molar-refractivity contribution in [3.63, 3.8) is 0 Å². The van der Waals surface area contributed by atoms with Crippen molar-refractivity contribution < 1.29 is 18.3 Å². The van der Waals surface area contributed by atoms with Gasteiger partial charge in [-0.2, -0.15) is 0 Å². The molecule has 0 bridgehead atoms. The van der Waals surface area contributed by atoms with Crippen LogP contribution in [0.15, 0.2) is 12.3 Å². The van der Waals surface area contributed by atoms with Crippen molar-refractivity contribution in [1.82, 2.24) is 0 Å². The van der Waals surface area contributed by atoms with Crippen LogP contribution in [0.2, 0.25) is 0 Å². The normalized spacial score (nSPS) is 11.6. The summed E-state index contributed by atoms with van der Waals surface area (Å²) in [5.41, 5.74) is 1.45. The van der Waals surface area contributed by atoms with E-state index in [2.05, 4.69) is 16.1 Å². The number of rotatable bonds is 7. The van der Waals surface area contributed by atoms with Gasteiger partial charge in [-0.05, 0) is 5.70 Å². The van der Waals surface area contributed by atoms with Crippen LogP contribution in [-0.4, -0.2) is 35.7 Å². The van der Waals surface area contributed by atoms with Crippen molar-refractivity contribution in [3.05, 3.63) is 12.3 Å². The zero-order valence-corrected chi connectivity index (χ0v) is 8.97. The minimum Gasteiger partial charge on any atom is -0.360 e. The van der Waals surface area contributed by atoms with E-state index >= 15 is 0 Å². The quantitative estimate of drug-likeness (QED) is 0.360. The lowest BCUT2D eigenvalue weighted by molar-refractivity contribution is -0.00792. The molecule has 0 spiro atoms. The Balaban J connectivity index is 3.78. The van der Waals surface area contributed by atoms with Gasteiger partial charge < -0.3 is 18.3 Å². The molecule has 0 heterocycles. The summed E-state index contributed by atoms with van der Waals surface area (Å²) in [5.74, 6) is 0. The van der Waals surface area contributed by atoms with Crippen molar-refractivity contribution in [2.24, 2.45) is 0 Å². The third kappa shape index (κ3) is 4.86. The Morgan fingerprint density at radius 1 is 1.25 bits per heavy atom. The topological polar surface area (TPSA) is 36.9 Å². The molecule has 0 aliphatic heterocycles. The van der Waals surface area contributed by atoms with Gasteiger partial charge in [-0.25, -0.2) is 0 Å². The maximum Gasteiger partial charge on any atom is 0.473 e. The van der Waals surface area contributed by atoms with Crippen molar-refractivity contribution in [3.8, 4) is 0 Å². The van der Waals surface area contributed by atoms with E-state index in [9.17, 15) is 0 Å². The van der Waals surface area contributed by atoms with Crippen LogP contribution in [0.3, 0.4) is 0 Å². The van der Waals surface area contributed by atoms with Gasteiger partial charge in [0.25, 0.3) is 0 Å². The molecule has 0 aliphatic rings. The van der Waals surface area contributed by atoms with Crippen LogP contribution in [0.25, 0.3) is 0 Å². The van der Waals surface area contributed by atoms with E-state index in [1.165, 1.54) is 19.9 Å². The molecule has 0 amide bonds. The third-order valence-electron chi connectivity index (χ3n) is 0.991. The molecule has 0 aromatic carbocycles. The minimum atomic E-state index is -2.78. The van der Waals surface area contributed by atoms with E-state index in [0.717, 1.165) is 0 Å². The van der Waals surface area contributed by atoms with Gasteiger partial charge >= 0.3 is 7.87 Å². The van der Waals surface area contributed by atoms with Gasteiger partial charge in [0.05, 0.1) is 0 Å². The predicted octanol–water partition coefficient (Wildman–Crippen LogP) is 1.13. The Morgan fingerprint density at radius 3 is 1.92 bits per heavy atom. The first-order chi connectivity index (χ1) is 5.68. The van der Waals surface area contributed by atoms with E-state index in [4.69, 9.17) is 19.9 Å². The third-order valence-corrected chi connectivity index (χ3v) is 3.62. The largest absolute Gasteiger partial charge is 0.473 e. The highest BCUT2D eigenvalue weighted by molar-refractivity contribution is 7.15. The first-order valence-electron chi connectivity index (χ1n) is 3.27. The summed E-state index contributed by atoms with van der Waals surface area (Å²) >= 11 is 5.90. The Bertz CT molecular complexity index is 125. The number of halogens is 1. The smallest absolute Gasteiger partial charge is 0.360 e. The SMILES string of the molecule is C=C[Si](Cl)(OCOC)OCOC. The zero-order valence-electron chi connectivity index (χ0n) is 7.21. The molecule has 0 atom stereocenters. The van der Waals surface area contributed by atoms with Crippen LogP contribution in [0.1, 0.15) is 0 Å². The second kappa shape index (κ2) is 6.59. The molecule has 0 aliphatic carbocycles. The lowest BCUT2D eigenvalue weighted by Crippen LogP contribution is -2.35. The monoisotopic (exact) mass is 212 g/mol. The Morgan fingerprint density at radius 2 is 1.67 bits per heavy atom. The average molecular weight is 213 g/mol. The van der Waals surface area contributed by atoms with Crippen LogP contribution in [0, 0.1) is 0 Å². The van der Waals surface area contributed by atoms with Gasteiger partial charge in [0.15, 0.2) is 0 Å². The van der Waals surface area contributed by atoms with Crippen LogP contribution in [0.5, 0.6) is 0 Å². The molecular formula is C6H13ClO4Si. The zero-order chi connectivity index (χ0) is 9.45. The van der Waals surface area contributed by atoms with E-state index in [-0.39, 0.29) is 13.6 Å². The predicted molar refractivity (Wildman–Crippen MR) is 47.7 cm³/mol. The molecule has 0 N–H and O–H groups in total. The van der Waals surface area contributed by atoms with Crippen LogP contribution in [-0.2, 0) is 18.3 Å². The molecule has 0 rings (SSSR count). The molecule has 0 saturated carbocycles. The van der Waals surface area contributed by atoms with E-state index in [1.807, 2.05) is 0 Å². The number of methoxy groups -OCH3 is 2. The first kappa shape index (κ1) is 12.1. The van der Waals surface area contributed by atoms with E-state index in [0.29, 0.717) is 0 Å². The van der Waals surface area contributed by atoms with Gasteiger partial charge in [-0.15, -0.1) is 6.58 Å². The molecule has 0 aromatic rings. The van der Waals surface area contributed by atoms with Gasteiger partial charge in [-0.1, -0.05) is 11.1 Å². The molecule has 12 heavy (non-hydrogen) atoms. The van der Waals surface area contributed by atoms with Crippen molar-refractivity contribution in [2.75, 3.05) is 27.8 Å². The lowest BCUT2D eigenvalue weighted by Gasteiger charge is -2.19. The Labute approximate surface area is 78.0 Å². The number of hydrogen-bond acceptors (Lipinski definition) is 4. The summed E-state index contributed by atoms with van der Waals surface area (Å²) in [6.07, 6.45) is 0. The summed E-state index contributed by atoms with van der Waals surface area (Å²) < 4.78 is 19.5. The molecule has 0 saturated heterocycles. The fourth-order valence-electron chi connectivity index (χ4n) is 0.438. The maximum atomic E-state index is 5.90. The summed E-state index contributed by atoms with van der Waals surface area (Å²) in [7, 11) is 0.231. The van der Waals surface area contributed by atoms with Crippen LogP contribution < -0.4 is 0 Å². The second-order valence-corrected chi connectivity index (χ2v) is 5.62. The van der Waals surface area contributed by atoms with Crippen molar-refractivity contribution in [2.45, 2.75) is 0 Å². The van der Waals surface area contributed by atoms with E-state index < -0.39 is 7.87 Å². The van der Waals surface area contributed by atoms with Crippen molar-refractivity contribution in [1.29, 1.82) is 0 Å². The standard InChI is InChI=1S/C6H13ClO4Si/c1-4-12(7,10-5-8-2)11-6-9-3/h4H,1,5-6H2,2-3H3. The van der Waals surface area contributed by atoms with Crippen molar-refractivity contribution >= 4 is 18.9 Å². The van der Waals surface area contributed by atoms with E-state index in [1.54, 1.807) is 0 Å². The molecule has 0 radical (unpaired) electrons. The lowest BCUT2D eigenvalue weighted by atomic mass is 11.3. The molecular weight excluding hydrogens is 200 g/mol. The van der Waals surface area contributed by atoms with Crippen LogP contribution in [0.4, 0.5) is 0 Å². The van der Waals surface area contributed by atoms with Gasteiger partial charge in [0.1, 0.15) is 13.6 Å². The molecule has 72 valence electrons. The van der Waals surface area contributed by atoms with Gasteiger partial charge in [0.2, 0.25) is 0 Å². The highest BCUT2D eigenvalue weighted by atomic mass is 35.6. The summed E-state index contributed by atoms with van der Waals surface area (Å²) in [6, 6.07) is 0. The first-order valence-corrected chi connectivity index (χ1v) is 6.17. The number of ether oxygens (including phenoxy) is 2. The van der Waals surface area contributed by atoms with Crippen LogP contribution >= 0.6 is 11.1 Å². The molecule has 6 heteroatoms. The summed E-state index contributed by atoms with van der Waals surface area (Å²) in [6.45, 7) is 3.68. The highest BCUT2D eigenvalue weighted by Crippen LogP contribution is 2.13. The summed E-state index contributed by atoms with van der Waals surface area (Å²) in [5, 5.41) is 0. The Hall–Kier alpha value is 0.0869. The van der Waals surface area contributed by atoms with Gasteiger partial charge in [-0.3, -0.25) is 0 Å². The fourth-order valence-corrected chi connectivity index (χ4v) is 1.58.